The van der Waals surface area contributed by atoms with Gasteiger partial charge >= 0.3 is 6.09 Å². The van der Waals surface area contributed by atoms with Crippen LogP contribution in [0.1, 0.15) is 71.1 Å². The standard InChI is InChI=1S/C18H31F2NO3/c1-2-3-11-24-17(23)21(10-4-5-14-12-16(22)13-14)15-6-8-18(19,20)9-7-15/h14-16,22H,2-13H2,1H3. The van der Waals surface area contributed by atoms with Crippen molar-refractivity contribution in [1.29, 1.82) is 0 Å². The Kier molecular flexibility index (Phi) is 7.26. The fraction of sp³-hybridized carbons (Fsp3) is 0.944. The van der Waals surface area contributed by atoms with Crippen LogP contribution in [0.5, 0.6) is 0 Å². The number of carbonyl (C=O) groups excluding carboxylic acids is 1. The van der Waals surface area contributed by atoms with Crippen LogP contribution in [-0.4, -0.2) is 47.3 Å². The van der Waals surface area contributed by atoms with Crippen LogP contribution in [0.3, 0.4) is 0 Å². The van der Waals surface area contributed by atoms with Gasteiger partial charge in [-0.25, -0.2) is 13.6 Å². The molecular formula is C18H31F2NO3. The summed E-state index contributed by atoms with van der Waals surface area (Å²) >= 11 is 0. The van der Waals surface area contributed by atoms with Gasteiger partial charge in [-0.15, -0.1) is 0 Å². The van der Waals surface area contributed by atoms with E-state index in [4.69, 9.17) is 4.74 Å². The summed E-state index contributed by atoms with van der Waals surface area (Å²) in [4.78, 5) is 14.0. The lowest BCUT2D eigenvalue weighted by molar-refractivity contribution is -0.0532. The molecule has 0 spiro atoms. The normalized spacial score (nSPS) is 26.7. The van der Waals surface area contributed by atoms with E-state index < -0.39 is 5.92 Å². The summed E-state index contributed by atoms with van der Waals surface area (Å²) < 4.78 is 32.1. The number of alkyl halides is 2. The molecule has 140 valence electrons. The lowest BCUT2D eigenvalue weighted by Crippen LogP contribution is -2.45. The summed E-state index contributed by atoms with van der Waals surface area (Å²) in [6.45, 7) is 2.99. The van der Waals surface area contributed by atoms with Gasteiger partial charge in [0.25, 0.3) is 0 Å². The van der Waals surface area contributed by atoms with Gasteiger partial charge < -0.3 is 14.7 Å². The maximum absolute atomic E-state index is 13.4. The molecule has 0 aliphatic heterocycles. The first-order valence-corrected chi connectivity index (χ1v) is 9.40. The second-order valence-corrected chi connectivity index (χ2v) is 7.38. The third-order valence-electron chi connectivity index (χ3n) is 5.31. The Bertz CT molecular complexity index is 390. The van der Waals surface area contributed by atoms with Crippen molar-refractivity contribution in [3.8, 4) is 0 Å². The highest BCUT2D eigenvalue weighted by Crippen LogP contribution is 2.36. The van der Waals surface area contributed by atoms with Crippen molar-refractivity contribution in [3.05, 3.63) is 0 Å². The number of aliphatic hydroxyl groups excluding tert-OH is 1. The van der Waals surface area contributed by atoms with E-state index >= 15 is 0 Å². The summed E-state index contributed by atoms with van der Waals surface area (Å²) in [6, 6.07) is -0.134. The Hall–Kier alpha value is -0.910. The lowest BCUT2D eigenvalue weighted by atomic mass is 9.79. The van der Waals surface area contributed by atoms with E-state index in [2.05, 4.69) is 0 Å². The van der Waals surface area contributed by atoms with Crippen molar-refractivity contribution < 1.29 is 23.4 Å². The summed E-state index contributed by atoms with van der Waals surface area (Å²) in [5.41, 5.74) is 0. The monoisotopic (exact) mass is 347 g/mol. The zero-order valence-electron chi connectivity index (χ0n) is 14.7. The van der Waals surface area contributed by atoms with Crippen LogP contribution in [0, 0.1) is 5.92 Å². The molecule has 24 heavy (non-hydrogen) atoms. The predicted octanol–water partition coefficient (Wildman–Crippen LogP) is 4.35. The van der Waals surface area contributed by atoms with Crippen LogP contribution in [0.15, 0.2) is 0 Å². The fourth-order valence-electron chi connectivity index (χ4n) is 3.63. The lowest BCUT2D eigenvalue weighted by Gasteiger charge is -2.37. The van der Waals surface area contributed by atoms with Crippen molar-refractivity contribution in [2.75, 3.05) is 13.2 Å². The van der Waals surface area contributed by atoms with E-state index in [0.717, 1.165) is 38.5 Å². The number of halogens is 2. The number of ether oxygens (including phenoxy) is 1. The van der Waals surface area contributed by atoms with Gasteiger partial charge in [-0.3, -0.25) is 0 Å². The molecule has 0 aromatic rings. The first-order chi connectivity index (χ1) is 11.4. The molecule has 0 atom stereocenters. The molecule has 0 unspecified atom stereocenters. The molecule has 0 bridgehead atoms. The third-order valence-corrected chi connectivity index (χ3v) is 5.31. The molecule has 6 heteroatoms. The molecule has 2 rings (SSSR count). The average molecular weight is 347 g/mol. The van der Waals surface area contributed by atoms with Crippen LogP contribution < -0.4 is 0 Å². The molecule has 0 radical (unpaired) electrons. The molecule has 0 saturated heterocycles. The topological polar surface area (TPSA) is 49.8 Å². The zero-order chi connectivity index (χ0) is 17.6. The maximum atomic E-state index is 13.4. The van der Waals surface area contributed by atoms with Gasteiger partial charge in [0, 0.05) is 25.4 Å². The molecule has 2 aliphatic rings. The Morgan fingerprint density at radius 3 is 2.50 bits per heavy atom. The number of nitrogens with zero attached hydrogens (tertiary/aromatic N) is 1. The first kappa shape index (κ1) is 19.4. The molecule has 1 N–H and O–H groups in total. The molecule has 0 heterocycles. The number of carbonyl (C=O) groups is 1. The number of hydrogen-bond acceptors (Lipinski definition) is 3. The van der Waals surface area contributed by atoms with Gasteiger partial charge in [-0.2, -0.15) is 0 Å². The predicted molar refractivity (Wildman–Crippen MR) is 88.1 cm³/mol. The second kappa shape index (κ2) is 8.97. The minimum Gasteiger partial charge on any atom is -0.449 e. The zero-order valence-corrected chi connectivity index (χ0v) is 14.7. The molecule has 0 aromatic carbocycles. The quantitative estimate of drug-likeness (QED) is 0.664. The van der Waals surface area contributed by atoms with E-state index in [1.807, 2.05) is 6.92 Å². The molecule has 2 aliphatic carbocycles. The number of aliphatic hydroxyl groups is 1. The van der Waals surface area contributed by atoms with Crippen molar-refractivity contribution >= 4 is 6.09 Å². The molecule has 4 nitrogen and oxygen atoms in total. The molecule has 2 fully saturated rings. The minimum atomic E-state index is -2.59. The van der Waals surface area contributed by atoms with E-state index in [0.29, 0.717) is 31.9 Å². The molecule has 2 saturated carbocycles. The number of hydrogen-bond donors (Lipinski definition) is 1. The third kappa shape index (κ3) is 5.87. The van der Waals surface area contributed by atoms with Crippen molar-refractivity contribution in [2.45, 2.75) is 89.2 Å². The fourth-order valence-corrected chi connectivity index (χ4v) is 3.63. The SMILES string of the molecule is CCCCOC(=O)N(CCCC1CC(O)C1)C1CCC(F)(F)CC1. The average Bonchev–Trinajstić information content (AvgIpc) is 2.50. The highest BCUT2D eigenvalue weighted by molar-refractivity contribution is 5.68. The summed E-state index contributed by atoms with van der Waals surface area (Å²) in [6.07, 6.45) is 5.15. The Morgan fingerprint density at radius 2 is 1.92 bits per heavy atom. The number of unbranched alkanes of at least 4 members (excludes halogenated alkanes) is 1. The van der Waals surface area contributed by atoms with E-state index in [-0.39, 0.29) is 31.1 Å². The molecule has 1 amide bonds. The van der Waals surface area contributed by atoms with Crippen molar-refractivity contribution in [2.24, 2.45) is 5.92 Å². The van der Waals surface area contributed by atoms with Crippen LogP contribution >= 0.6 is 0 Å². The smallest absolute Gasteiger partial charge is 0.410 e. The summed E-state index contributed by atoms with van der Waals surface area (Å²) in [5, 5.41) is 9.33. The summed E-state index contributed by atoms with van der Waals surface area (Å²) in [5.74, 6) is -2.05. The Balaban J connectivity index is 1.82. The van der Waals surface area contributed by atoms with Crippen LogP contribution in [0.25, 0.3) is 0 Å². The number of rotatable bonds is 8. The van der Waals surface area contributed by atoms with Gasteiger partial charge in [0.1, 0.15) is 0 Å². The largest absolute Gasteiger partial charge is 0.449 e. The van der Waals surface area contributed by atoms with E-state index in [1.54, 1.807) is 4.90 Å². The van der Waals surface area contributed by atoms with Gasteiger partial charge in [-0.1, -0.05) is 13.3 Å². The van der Waals surface area contributed by atoms with Crippen molar-refractivity contribution in [1.82, 2.24) is 4.90 Å². The van der Waals surface area contributed by atoms with E-state index in [9.17, 15) is 18.7 Å². The van der Waals surface area contributed by atoms with E-state index in [1.165, 1.54) is 0 Å². The first-order valence-electron chi connectivity index (χ1n) is 9.40. The van der Waals surface area contributed by atoms with Gasteiger partial charge in [0.05, 0.1) is 12.7 Å². The molecule has 0 aromatic heterocycles. The second-order valence-electron chi connectivity index (χ2n) is 7.38. The van der Waals surface area contributed by atoms with Crippen LogP contribution in [0.4, 0.5) is 13.6 Å². The maximum Gasteiger partial charge on any atom is 0.410 e. The van der Waals surface area contributed by atoms with Gasteiger partial charge in [0.15, 0.2) is 0 Å². The Labute approximate surface area is 143 Å². The highest BCUT2D eigenvalue weighted by Gasteiger charge is 2.38. The number of amides is 1. The highest BCUT2D eigenvalue weighted by atomic mass is 19.3. The molecular weight excluding hydrogens is 316 g/mol. The summed E-state index contributed by atoms with van der Waals surface area (Å²) in [7, 11) is 0. The van der Waals surface area contributed by atoms with Gasteiger partial charge in [0.2, 0.25) is 5.92 Å². The Morgan fingerprint density at radius 1 is 1.25 bits per heavy atom. The van der Waals surface area contributed by atoms with Gasteiger partial charge in [-0.05, 0) is 50.9 Å². The van der Waals surface area contributed by atoms with Crippen LogP contribution in [-0.2, 0) is 4.74 Å². The van der Waals surface area contributed by atoms with Crippen molar-refractivity contribution in [3.63, 3.8) is 0 Å². The minimum absolute atomic E-state index is 0.134. The van der Waals surface area contributed by atoms with Crippen LogP contribution in [0.2, 0.25) is 0 Å².